The minimum Gasteiger partial charge on any atom is -0.487 e. The Bertz CT molecular complexity index is 549. The quantitative estimate of drug-likeness (QED) is 0.831. The number of halogens is 1. The fourth-order valence-corrected chi connectivity index (χ4v) is 1.76. The summed E-state index contributed by atoms with van der Waals surface area (Å²) in [6.45, 7) is 4.35. The molecule has 2 rings (SSSR count). The van der Waals surface area contributed by atoms with Gasteiger partial charge in [0.25, 0.3) is 0 Å². The van der Waals surface area contributed by atoms with Gasteiger partial charge >= 0.3 is 0 Å². The van der Waals surface area contributed by atoms with Crippen molar-refractivity contribution in [2.45, 2.75) is 26.9 Å². The highest BCUT2D eigenvalue weighted by molar-refractivity contribution is 5.32. The van der Waals surface area contributed by atoms with Crippen molar-refractivity contribution < 1.29 is 9.13 Å². The van der Waals surface area contributed by atoms with Gasteiger partial charge in [0.1, 0.15) is 18.2 Å². The van der Waals surface area contributed by atoms with Crippen LogP contribution >= 0.6 is 0 Å². The van der Waals surface area contributed by atoms with E-state index in [1.807, 2.05) is 20.0 Å². The molecule has 0 aliphatic heterocycles. The van der Waals surface area contributed by atoms with E-state index in [2.05, 4.69) is 12.0 Å². The van der Waals surface area contributed by atoms with E-state index in [4.69, 9.17) is 4.74 Å². The SMILES string of the molecule is CCc1cc(COc2cc(F)ccc2C)n(C)n1. The van der Waals surface area contributed by atoms with Crippen LogP contribution in [0.3, 0.4) is 0 Å². The first kappa shape index (κ1) is 12.6. The number of ether oxygens (including phenoxy) is 1. The molecule has 1 heterocycles. The second-order valence-corrected chi connectivity index (χ2v) is 4.30. The molecule has 0 N–H and O–H groups in total. The summed E-state index contributed by atoms with van der Waals surface area (Å²) in [6, 6.07) is 6.56. The molecule has 2 aromatic rings. The van der Waals surface area contributed by atoms with Crippen LogP contribution in [0.25, 0.3) is 0 Å². The van der Waals surface area contributed by atoms with Crippen LogP contribution in [0.4, 0.5) is 4.39 Å². The summed E-state index contributed by atoms with van der Waals surface area (Å²) >= 11 is 0. The summed E-state index contributed by atoms with van der Waals surface area (Å²) in [4.78, 5) is 0. The Kier molecular flexibility index (Phi) is 3.65. The van der Waals surface area contributed by atoms with Crippen LogP contribution in [0.1, 0.15) is 23.9 Å². The van der Waals surface area contributed by atoms with E-state index in [0.717, 1.165) is 23.4 Å². The largest absolute Gasteiger partial charge is 0.487 e. The number of hydrogen-bond donors (Lipinski definition) is 0. The minimum absolute atomic E-state index is 0.283. The van der Waals surface area contributed by atoms with Gasteiger partial charge in [-0.2, -0.15) is 5.10 Å². The Morgan fingerprint density at radius 1 is 1.33 bits per heavy atom. The lowest BCUT2D eigenvalue weighted by Gasteiger charge is -2.09. The second kappa shape index (κ2) is 5.21. The fourth-order valence-electron chi connectivity index (χ4n) is 1.76. The molecule has 0 aliphatic carbocycles. The summed E-state index contributed by atoms with van der Waals surface area (Å²) in [6.07, 6.45) is 0.896. The lowest BCUT2D eigenvalue weighted by molar-refractivity contribution is 0.291. The van der Waals surface area contributed by atoms with E-state index in [0.29, 0.717) is 12.4 Å². The van der Waals surface area contributed by atoms with E-state index >= 15 is 0 Å². The molecule has 96 valence electrons. The third kappa shape index (κ3) is 2.70. The molecule has 0 fully saturated rings. The van der Waals surface area contributed by atoms with Gasteiger partial charge in [-0.1, -0.05) is 13.0 Å². The standard InChI is InChI=1S/C14H17FN2O/c1-4-12-8-13(17(3)16-12)9-18-14-7-11(15)6-5-10(14)2/h5-8H,4,9H2,1-3H3. The maximum Gasteiger partial charge on any atom is 0.130 e. The lowest BCUT2D eigenvalue weighted by Crippen LogP contribution is -2.03. The molecule has 0 bridgehead atoms. The van der Waals surface area contributed by atoms with Crippen LogP contribution in [-0.4, -0.2) is 9.78 Å². The Morgan fingerprint density at radius 2 is 2.11 bits per heavy atom. The summed E-state index contributed by atoms with van der Waals surface area (Å²) in [5.74, 6) is 0.295. The molecule has 0 saturated carbocycles. The first-order valence-electron chi connectivity index (χ1n) is 6.01. The molecule has 3 nitrogen and oxygen atoms in total. The van der Waals surface area contributed by atoms with Gasteiger partial charge in [0.2, 0.25) is 0 Å². The molecule has 1 aromatic carbocycles. The van der Waals surface area contributed by atoms with Gasteiger partial charge in [0.05, 0.1) is 11.4 Å². The Hall–Kier alpha value is -1.84. The Balaban J connectivity index is 2.11. The molecular formula is C14H17FN2O. The Morgan fingerprint density at radius 3 is 2.78 bits per heavy atom. The van der Waals surface area contributed by atoms with Crippen molar-refractivity contribution in [3.63, 3.8) is 0 Å². The van der Waals surface area contributed by atoms with Crippen molar-refractivity contribution in [3.05, 3.63) is 47.0 Å². The van der Waals surface area contributed by atoms with Gasteiger partial charge < -0.3 is 4.74 Å². The van der Waals surface area contributed by atoms with E-state index in [-0.39, 0.29) is 5.82 Å². The summed E-state index contributed by atoms with van der Waals surface area (Å²) in [5.41, 5.74) is 2.94. The van der Waals surface area contributed by atoms with Gasteiger partial charge in [-0.15, -0.1) is 0 Å². The number of rotatable bonds is 4. The average molecular weight is 248 g/mol. The fraction of sp³-hybridized carbons (Fsp3) is 0.357. The number of aryl methyl sites for hydroxylation is 3. The summed E-state index contributed by atoms with van der Waals surface area (Å²) in [7, 11) is 1.89. The zero-order valence-corrected chi connectivity index (χ0v) is 10.9. The molecule has 4 heteroatoms. The van der Waals surface area contributed by atoms with Crippen LogP contribution in [0.15, 0.2) is 24.3 Å². The molecule has 1 aromatic heterocycles. The molecule has 0 aliphatic rings. The highest BCUT2D eigenvalue weighted by Crippen LogP contribution is 2.20. The van der Waals surface area contributed by atoms with Crippen LogP contribution in [0, 0.1) is 12.7 Å². The summed E-state index contributed by atoms with van der Waals surface area (Å²) < 4.78 is 20.6. The maximum atomic E-state index is 13.1. The van der Waals surface area contributed by atoms with Crippen molar-refractivity contribution >= 4 is 0 Å². The van der Waals surface area contributed by atoms with Gasteiger partial charge in [-0.25, -0.2) is 4.39 Å². The van der Waals surface area contributed by atoms with Gasteiger partial charge in [0.15, 0.2) is 0 Å². The van der Waals surface area contributed by atoms with Crippen molar-refractivity contribution in [2.24, 2.45) is 7.05 Å². The zero-order chi connectivity index (χ0) is 13.1. The van der Waals surface area contributed by atoms with E-state index in [1.54, 1.807) is 10.7 Å². The normalized spacial score (nSPS) is 10.7. The minimum atomic E-state index is -0.283. The van der Waals surface area contributed by atoms with Crippen LogP contribution in [0.2, 0.25) is 0 Å². The number of aromatic nitrogens is 2. The molecule has 0 atom stereocenters. The number of benzene rings is 1. The van der Waals surface area contributed by atoms with Crippen molar-refractivity contribution in [3.8, 4) is 5.75 Å². The molecule has 0 amide bonds. The van der Waals surface area contributed by atoms with Crippen molar-refractivity contribution in [1.29, 1.82) is 0 Å². The first-order valence-corrected chi connectivity index (χ1v) is 6.01. The third-order valence-corrected chi connectivity index (χ3v) is 2.92. The smallest absolute Gasteiger partial charge is 0.130 e. The number of nitrogens with zero attached hydrogens (tertiary/aromatic N) is 2. The zero-order valence-electron chi connectivity index (χ0n) is 10.9. The molecule has 18 heavy (non-hydrogen) atoms. The molecule has 0 radical (unpaired) electrons. The van der Waals surface area contributed by atoms with E-state index in [1.165, 1.54) is 12.1 Å². The molecule has 0 unspecified atom stereocenters. The van der Waals surface area contributed by atoms with E-state index < -0.39 is 0 Å². The first-order chi connectivity index (χ1) is 8.60. The van der Waals surface area contributed by atoms with Gasteiger partial charge in [-0.05, 0) is 31.0 Å². The highest BCUT2D eigenvalue weighted by atomic mass is 19.1. The topological polar surface area (TPSA) is 27.1 Å². The average Bonchev–Trinajstić information content (AvgIpc) is 2.71. The lowest BCUT2D eigenvalue weighted by atomic mass is 10.2. The maximum absolute atomic E-state index is 13.1. The van der Waals surface area contributed by atoms with Crippen LogP contribution in [0.5, 0.6) is 5.75 Å². The molecular weight excluding hydrogens is 231 g/mol. The predicted octanol–water partition coefficient (Wildman–Crippen LogP) is 3.01. The van der Waals surface area contributed by atoms with Crippen LogP contribution in [-0.2, 0) is 20.1 Å². The monoisotopic (exact) mass is 248 g/mol. The third-order valence-electron chi connectivity index (χ3n) is 2.92. The summed E-state index contributed by atoms with van der Waals surface area (Å²) in [5, 5.41) is 4.34. The molecule has 0 spiro atoms. The Labute approximate surface area is 106 Å². The number of hydrogen-bond acceptors (Lipinski definition) is 2. The van der Waals surface area contributed by atoms with Gasteiger partial charge in [0, 0.05) is 13.1 Å². The van der Waals surface area contributed by atoms with Crippen LogP contribution < -0.4 is 4.74 Å². The van der Waals surface area contributed by atoms with Crippen molar-refractivity contribution in [2.75, 3.05) is 0 Å². The van der Waals surface area contributed by atoms with Crippen molar-refractivity contribution in [1.82, 2.24) is 9.78 Å². The molecule has 0 saturated heterocycles. The van der Waals surface area contributed by atoms with E-state index in [9.17, 15) is 4.39 Å². The second-order valence-electron chi connectivity index (χ2n) is 4.30. The predicted molar refractivity (Wildman–Crippen MR) is 68.1 cm³/mol. The highest BCUT2D eigenvalue weighted by Gasteiger charge is 2.06. The van der Waals surface area contributed by atoms with Gasteiger partial charge in [-0.3, -0.25) is 4.68 Å².